The van der Waals surface area contributed by atoms with Gasteiger partial charge in [0.25, 0.3) is 5.91 Å². The maximum Gasteiger partial charge on any atom is 0.254 e. The summed E-state index contributed by atoms with van der Waals surface area (Å²) in [4.78, 5) is 26.2. The van der Waals surface area contributed by atoms with Crippen LogP contribution in [0.25, 0.3) is 0 Å². The van der Waals surface area contributed by atoms with E-state index in [2.05, 4.69) is 5.32 Å². The smallest absolute Gasteiger partial charge is 0.254 e. The van der Waals surface area contributed by atoms with E-state index < -0.39 is 6.04 Å². The Labute approximate surface area is 157 Å². The first kappa shape index (κ1) is 18.3. The third-order valence-electron chi connectivity index (χ3n) is 4.47. The summed E-state index contributed by atoms with van der Waals surface area (Å²) >= 11 is 6.10. The molecule has 26 heavy (non-hydrogen) atoms. The van der Waals surface area contributed by atoms with E-state index in [-0.39, 0.29) is 11.8 Å². The highest BCUT2D eigenvalue weighted by molar-refractivity contribution is 6.32. The zero-order valence-electron chi connectivity index (χ0n) is 15.0. The molecule has 0 aromatic heterocycles. The molecule has 0 bridgehead atoms. The lowest BCUT2D eigenvalue weighted by Crippen LogP contribution is -2.38. The fraction of sp³-hybridized carbons (Fsp3) is 0.300. The van der Waals surface area contributed by atoms with Crippen LogP contribution in [0.5, 0.6) is 5.75 Å². The molecule has 1 unspecified atom stereocenters. The number of fused-ring (bicyclic) bond motifs is 1. The van der Waals surface area contributed by atoms with Gasteiger partial charge in [0.1, 0.15) is 18.4 Å². The number of nitrogens with one attached hydrogen (secondary N) is 1. The lowest BCUT2D eigenvalue weighted by atomic mass is 9.99. The van der Waals surface area contributed by atoms with Crippen LogP contribution in [-0.2, 0) is 9.59 Å². The van der Waals surface area contributed by atoms with Gasteiger partial charge in [-0.05, 0) is 37.1 Å². The summed E-state index contributed by atoms with van der Waals surface area (Å²) in [6, 6.07) is 10.5. The minimum atomic E-state index is -0.650. The van der Waals surface area contributed by atoms with Crippen molar-refractivity contribution >= 4 is 29.1 Å². The van der Waals surface area contributed by atoms with Gasteiger partial charge in [-0.25, -0.2) is 0 Å². The van der Waals surface area contributed by atoms with Crippen molar-refractivity contribution in [2.45, 2.75) is 26.8 Å². The summed E-state index contributed by atoms with van der Waals surface area (Å²) in [6.07, 6.45) is 0. The van der Waals surface area contributed by atoms with E-state index in [1.54, 1.807) is 17.0 Å². The van der Waals surface area contributed by atoms with Gasteiger partial charge in [-0.2, -0.15) is 0 Å². The van der Waals surface area contributed by atoms with Crippen molar-refractivity contribution in [3.63, 3.8) is 0 Å². The van der Waals surface area contributed by atoms with Gasteiger partial charge in [0, 0.05) is 12.5 Å². The molecule has 1 N–H and O–H groups in total. The quantitative estimate of drug-likeness (QED) is 0.873. The lowest BCUT2D eigenvalue weighted by molar-refractivity contribution is -0.126. The van der Waals surface area contributed by atoms with Crippen LogP contribution in [0.1, 0.15) is 29.7 Å². The maximum atomic E-state index is 12.9. The molecule has 2 aromatic rings. The zero-order valence-corrected chi connectivity index (χ0v) is 15.8. The number of carbonyl (C=O) groups is 2. The highest BCUT2D eigenvalue weighted by Gasteiger charge is 2.39. The van der Waals surface area contributed by atoms with Crippen LogP contribution in [0.3, 0.4) is 0 Å². The normalized spacial score (nSPS) is 15.8. The number of amides is 2. The van der Waals surface area contributed by atoms with E-state index in [0.29, 0.717) is 23.9 Å². The number of benzene rings is 2. The van der Waals surface area contributed by atoms with Gasteiger partial charge < -0.3 is 15.0 Å². The lowest BCUT2D eigenvalue weighted by Gasteiger charge is -2.20. The number of anilines is 1. The molecule has 0 saturated carbocycles. The number of aryl methyl sites for hydroxylation is 2. The molecule has 6 heteroatoms. The molecule has 2 aromatic carbocycles. The molecule has 136 valence electrons. The molecular formula is C20H21ClN2O3. The van der Waals surface area contributed by atoms with Crippen LogP contribution in [0.4, 0.5) is 5.69 Å². The molecule has 0 aliphatic carbocycles. The van der Waals surface area contributed by atoms with E-state index in [4.69, 9.17) is 16.3 Å². The van der Waals surface area contributed by atoms with Crippen molar-refractivity contribution in [1.29, 1.82) is 0 Å². The Morgan fingerprint density at radius 2 is 1.88 bits per heavy atom. The average Bonchev–Trinajstić information content (AvgIpc) is 2.86. The van der Waals surface area contributed by atoms with Gasteiger partial charge >= 0.3 is 0 Å². The second-order valence-corrected chi connectivity index (χ2v) is 6.77. The standard InChI is InChI=1S/C20H21ClN2O3/c1-12-8-9-13(2)19-17(12)18(22-14(3)24)20(25)23(19)10-11-26-16-7-5-4-6-15(16)21/h4-9,18H,10-11H2,1-3H3,(H,22,24). The Kier molecular flexibility index (Phi) is 5.18. The molecule has 1 aliphatic rings. The summed E-state index contributed by atoms with van der Waals surface area (Å²) in [5.41, 5.74) is 3.69. The number of ether oxygens (including phenoxy) is 1. The number of halogens is 1. The Bertz CT molecular complexity index is 866. The molecule has 0 saturated heterocycles. The van der Waals surface area contributed by atoms with Crippen LogP contribution in [-0.4, -0.2) is 25.0 Å². The molecule has 0 fully saturated rings. The molecule has 1 atom stereocenters. The second-order valence-electron chi connectivity index (χ2n) is 6.36. The van der Waals surface area contributed by atoms with E-state index >= 15 is 0 Å². The minimum absolute atomic E-state index is 0.143. The molecule has 3 rings (SSSR count). The van der Waals surface area contributed by atoms with E-state index in [1.807, 2.05) is 38.1 Å². The summed E-state index contributed by atoms with van der Waals surface area (Å²) in [7, 11) is 0. The Morgan fingerprint density at radius 1 is 1.19 bits per heavy atom. The SMILES string of the molecule is CC(=O)NC1C(=O)N(CCOc2ccccc2Cl)c2c(C)ccc(C)c21. The molecular weight excluding hydrogens is 352 g/mol. The van der Waals surface area contributed by atoms with Gasteiger partial charge in [0.15, 0.2) is 0 Å². The van der Waals surface area contributed by atoms with E-state index in [1.165, 1.54) is 6.92 Å². The largest absolute Gasteiger partial charge is 0.490 e. The summed E-state index contributed by atoms with van der Waals surface area (Å²) in [5.74, 6) is 0.208. The number of hydrogen-bond donors (Lipinski definition) is 1. The molecule has 0 radical (unpaired) electrons. The van der Waals surface area contributed by atoms with Crippen molar-refractivity contribution in [1.82, 2.24) is 5.32 Å². The van der Waals surface area contributed by atoms with Crippen LogP contribution in [0.2, 0.25) is 5.02 Å². The van der Waals surface area contributed by atoms with Crippen molar-refractivity contribution in [3.8, 4) is 5.75 Å². The first-order valence-corrected chi connectivity index (χ1v) is 8.84. The third kappa shape index (κ3) is 3.40. The highest BCUT2D eigenvalue weighted by atomic mass is 35.5. The predicted octanol–water partition coefficient (Wildman–Crippen LogP) is 3.56. The van der Waals surface area contributed by atoms with E-state index in [0.717, 1.165) is 22.4 Å². The van der Waals surface area contributed by atoms with E-state index in [9.17, 15) is 9.59 Å². The van der Waals surface area contributed by atoms with Crippen LogP contribution < -0.4 is 15.0 Å². The Morgan fingerprint density at radius 3 is 2.58 bits per heavy atom. The fourth-order valence-electron chi connectivity index (χ4n) is 3.30. The minimum Gasteiger partial charge on any atom is -0.490 e. The first-order valence-electron chi connectivity index (χ1n) is 8.46. The van der Waals surface area contributed by atoms with Crippen LogP contribution >= 0.6 is 11.6 Å². The topological polar surface area (TPSA) is 58.6 Å². The monoisotopic (exact) mass is 372 g/mol. The van der Waals surface area contributed by atoms with Gasteiger partial charge in [0.2, 0.25) is 5.91 Å². The molecule has 5 nitrogen and oxygen atoms in total. The predicted molar refractivity (Wildman–Crippen MR) is 102 cm³/mol. The Hall–Kier alpha value is -2.53. The third-order valence-corrected chi connectivity index (χ3v) is 4.78. The van der Waals surface area contributed by atoms with Gasteiger partial charge in [0.05, 0.1) is 17.3 Å². The van der Waals surface area contributed by atoms with Gasteiger partial charge in [-0.1, -0.05) is 35.9 Å². The molecule has 1 heterocycles. The number of carbonyl (C=O) groups excluding carboxylic acids is 2. The number of nitrogens with zero attached hydrogens (tertiary/aromatic N) is 1. The molecule has 2 amide bonds. The van der Waals surface area contributed by atoms with Gasteiger partial charge in [-0.15, -0.1) is 0 Å². The Balaban J connectivity index is 1.84. The summed E-state index contributed by atoms with van der Waals surface area (Å²) in [6.45, 7) is 6.00. The molecule has 1 aliphatic heterocycles. The second kappa shape index (κ2) is 7.38. The number of rotatable bonds is 5. The van der Waals surface area contributed by atoms with Crippen LogP contribution in [0, 0.1) is 13.8 Å². The van der Waals surface area contributed by atoms with Crippen molar-refractivity contribution in [2.24, 2.45) is 0 Å². The number of para-hydroxylation sites is 1. The van der Waals surface area contributed by atoms with Crippen LogP contribution in [0.15, 0.2) is 36.4 Å². The van der Waals surface area contributed by atoms with Crippen molar-refractivity contribution in [3.05, 3.63) is 58.1 Å². The maximum absolute atomic E-state index is 12.9. The van der Waals surface area contributed by atoms with Gasteiger partial charge in [-0.3, -0.25) is 9.59 Å². The first-order chi connectivity index (χ1) is 12.4. The fourth-order valence-corrected chi connectivity index (χ4v) is 3.49. The van der Waals surface area contributed by atoms with Crippen molar-refractivity contribution < 1.29 is 14.3 Å². The summed E-state index contributed by atoms with van der Waals surface area (Å²) in [5, 5.41) is 3.30. The zero-order chi connectivity index (χ0) is 18.8. The number of hydrogen-bond acceptors (Lipinski definition) is 3. The average molecular weight is 373 g/mol. The van der Waals surface area contributed by atoms with Crippen molar-refractivity contribution in [2.75, 3.05) is 18.1 Å². The highest BCUT2D eigenvalue weighted by Crippen LogP contribution is 2.40. The summed E-state index contributed by atoms with van der Waals surface area (Å²) < 4.78 is 5.74. The molecule has 0 spiro atoms.